The van der Waals surface area contributed by atoms with E-state index in [4.69, 9.17) is 10.2 Å². The van der Waals surface area contributed by atoms with Crippen molar-refractivity contribution in [3.63, 3.8) is 0 Å². The van der Waals surface area contributed by atoms with Gasteiger partial charge in [0.2, 0.25) is 5.91 Å². The van der Waals surface area contributed by atoms with Gasteiger partial charge in [-0.2, -0.15) is 0 Å². The van der Waals surface area contributed by atoms with Crippen molar-refractivity contribution in [2.45, 2.75) is 26.3 Å². The van der Waals surface area contributed by atoms with Crippen LogP contribution in [-0.2, 0) is 11.3 Å². The van der Waals surface area contributed by atoms with E-state index in [2.05, 4.69) is 5.32 Å². The van der Waals surface area contributed by atoms with Crippen LogP contribution in [0.15, 0.2) is 16.5 Å². The molecular weight excluding hydrogens is 180 g/mol. The number of furan rings is 1. The first-order chi connectivity index (χ1) is 6.68. The second kappa shape index (κ2) is 5.44. The van der Waals surface area contributed by atoms with Crippen LogP contribution in [0.3, 0.4) is 0 Å². The molecule has 14 heavy (non-hydrogen) atoms. The van der Waals surface area contributed by atoms with Gasteiger partial charge in [-0.05, 0) is 32.0 Å². The Balaban J connectivity index is 2.07. The predicted molar refractivity (Wildman–Crippen MR) is 53.6 cm³/mol. The molecule has 0 unspecified atom stereocenters. The number of primary amides is 1. The Kier molecular flexibility index (Phi) is 4.19. The van der Waals surface area contributed by atoms with Crippen molar-refractivity contribution in [2.75, 3.05) is 6.54 Å². The lowest BCUT2D eigenvalue weighted by Crippen LogP contribution is -2.17. The number of hydrogen-bond donors (Lipinski definition) is 2. The molecule has 0 atom stereocenters. The Morgan fingerprint density at radius 2 is 2.36 bits per heavy atom. The Morgan fingerprint density at radius 3 is 2.93 bits per heavy atom. The summed E-state index contributed by atoms with van der Waals surface area (Å²) in [6, 6.07) is 3.87. The van der Waals surface area contributed by atoms with Gasteiger partial charge >= 0.3 is 0 Å². The number of carbonyl (C=O) groups excluding carboxylic acids is 1. The van der Waals surface area contributed by atoms with Gasteiger partial charge in [0.05, 0.1) is 6.54 Å². The molecule has 1 aromatic heterocycles. The summed E-state index contributed by atoms with van der Waals surface area (Å²) in [5, 5.41) is 3.17. The first-order valence-electron chi connectivity index (χ1n) is 4.73. The van der Waals surface area contributed by atoms with Crippen molar-refractivity contribution >= 4 is 5.91 Å². The third-order valence-electron chi connectivity index (χ3n) is 1.87. The van der Waals surface area contributed by atoms with Gasteiger partial charge in [0.15, 0.2) is 0 Å². The maximum absolute atomic E-state index is 10.4. The number of hydrogen-bond acceptors (Lipinski definition) is 3. The topological polar surface area (TPSA) is 68.3 Å². The average Bonchev–Trinajstić information content (AvgIpc) is 2.50. The number of nitrogens with two attached hydrogens (primary N) is 1. The summed E-state index contributed by atoms with van der Waals surface area (Å²) in [6.07, 6.45) is 1.21. The fourth-order valence-electron chi connectivity index (χ4n) is 1.18. The number of aryl methyl sites for hydroxylation is 1. The maximum atomic E-state index is 10.4. The Morgan fingerprint density at radius 1 is 1.57 bits per heavy atom. The first kappa shape index (κ1) is 10.8. The standard InChI is InChI=1S/C10H16N2O2/c1-8-4-5-9(14-8)7-12-6-2-3-10(11)13/h4-5,12H,2-3,6-7H2,1H3,(H2,11,13). The molecule has 3 N–H and O–H groups in total. The van der Waals surface area contributed by atoms with Gasteiger partial charge in [-0.25, -0.2) is 0 Å². The van der Waals surface area contributed by atoms with Crippen LogP contribution < -0.4 is 11.1 Å². The smallest absolute Gasteiger partial charge is 0.217 e. The highest BCUT2D eigenvalue weighted by Crippen LogP contribution is 2.05. The monoisotopic (exact) mass is 196 g/mol. The van der Waals surface area contributed by atoms with Crippen molar-refractivity contribution in [1.29, 1.82) is 0 Å². The fraction of sp³-hybridized carbons (Fsp3) is 0.500. The van der Waals surface area contributed by atoms with E-state index in [1.54, 1.807) is 0 Å². The largest absolute Gasteiger partial charge is 0.465 e. The van der Waals surface area contributed by atoms with Crippen molar-refractivity contribution in [1.82, 2.24) is 5.32 Å². The molecule has 0 aliphatic carbocycles. The summed E-state index contributed by atoms with van der Waals surface area (Å²) < 4.78 is 5.36. The fourth-order valence-corrected chi connectivity index (χ4v) is 1.18. The van der Waals surface area contributed by atoms with E-state index in [9.17, 15) is 4.79 Å². The lowest BCUT2D eigenvalue weighted by atomic mass is 10.3. The highest BCUT2D eigenvalue weighted by molar-refractivity contribution is 5.73. The molecule has 78 valence electrons. The van der Waals surface area contributed by atoms with Crippen LogP contribution in [0.5, 0.6) is 0 Å². The molecule has 0 aliphatic rings. The second-order valence-electron chi connectivity index (χ2n) is 3.26. The molecule has 0 bridgehead atoms. The van der Waals surface area contributed by atoms with Crippen molar-refractivity contribution in [2.24, 2.45) is 5.73 Å². The van der Waals surface area contributed by atoms with Gasteiger partial charge in [0.25, 0.3) is 0 Å². The third kappa shape index (κ3) is 4.09. The Hall–Kier alpha value is -1.29. The van der Waals surface area contributed by atoms with Crippen LogP contribution in [-0.4, -0.2) is 12.5 Å². The van der Waals surface area contributed by atoms with E-state index in [0.29, 0.717) is 13.0 Å². The first-order valence-corrected chi connectivity index (χ1v) is 4.73. The number of carbonyl (C=O) groups is 1. The van der Waals surface area contributed by atoms with Crippen LogP contribution in [0, 0.1) is 6.92 Å². The van der Waals surface area contributed by atoms with Crippen LogP contribution in [0.1, 0.15) is 24.4 Å². The zero-order chi connectivity index (χ0) is 10.4. The molecule has 0 fully saturated rings. The minimum Gasteiger partial charge on any atom is -0.465 e. The number of nitrogens with one attached hydrogen (secondary N) is 1. The van der Waals surface area contributed by atoms with Gasteiger partial charge in [-0.15, -0.1) is 0 Å². The third-order valence-corrected chi connectivity index (χ3v) is 1.87. The molecule has 0 aliphatic heterocycles. The minimum atomic E-state index is -0.249. The maximum Gasteiger partial charge on any atom is 0.217 e. The van der Waals surface area contributed by atoms with E-state index in [1.807, 2.05) is 19.1 Å². The lowest BCUT2D eigenvalue weighted by Gasteiger charge is -2.00. The van der Waals surface area contributed by atoms with Crippen LogP contribution in [0.4, 0.5) is 0 Å². The summed E-state index contributed by atoms with van der Waals surface area (Å²) in [7, 11) is 0. The summed E-state index contributed by atoms with van der Waals surface area (Å²) in [5.41, 5.74) is 5.00. The zero-order valence-corrected chi connectivity index (χ0v) is 8.38. The molecule has 4 nitrogen and oxygen atoms in total. The normalized spacial score (nSPS) is 10.4. The molecule has 1 rings (SSSR count). The van der Waals surface area contributed by atoms with E-state index in [1.165, 1.54) is 0 Å². The van der Waals surface area contributed by atoms with Gasteiger partial charge in [0, 0.05) is 6.42 Å². The lowest BCUT2D eigenvalue weighted by molar-refractivity contribution is -0.118. The summed E-state index contributed by atoms with van der Waals surface area (Å²) in [4.78, 5) is 10.4. The van der Waals surface area contributed by atoms with Crippen molar-refractivity contribution in [3.05, 3.63) is 23.7 Å². The van der Waals surface area contributed by atoms with E-state index < -0.39 is 0 Å². The van der Waals surface area contributed by atoms with E-state index >= 15 is 0 Å². The molecule has 1 aromatic rings. The molecule has 4 heteroatoms. The molecule has 0 aromatic carbocycles. The summed E-state index contributed by atoms with van der Waals surface area (Å²) >= 11 is 0. The Bertz CT molecular complexity index is 294. The summed E-state index contributed by atoms with van der Waals surface area (Å²) in [6.45, 7) is 3.39. The van der Waals surface area contributed by atoms with E-state index in [0.717, 1.165) is 24.5 Å². The summed E-state index contributed by atoms with van der Waals surface area (Å²) in [5.74, 6) is 1.58. The minimum absolute atomic E-state index is 0.249. The van der Waals surface area contributed by atoms with Crippen LogP contribution in [0.25, 0.3) is 0 Å². The molecule has 1 amide bonds. The zero-order valence-electron chi connectivity index (χ0n) is 8.38. The quantitative estimate of drug-likeness (QED) is 0.665. The molecule has 1 heterocycles. The highest BCUT2D eigenvalue weighted by Gasteiger charge is 1.98. The number of rotatable bonds is 6. The van der Waals surface area contributed by atoms with Crippen LogP contribution in [0.2, 0.25) is 0 Å². The van der Waals surface area contributed by atoms with Crippen molar-refractivity contribution < 1.29 is 9.21 Å². The molecule has 0 spiro atoms. The van der Waals surface area contributed by atoms with Crippen molar-refractivity contribution in [3.8, 4) is 0 Å². The van der Waals surface area contributed by atoms with Gasteiger partial charge < -0.3 is 15.5 Å². The average molecular weight is 196 g/mol. The Labute approximate surface area is 83.5 Å². The SMILES string of the molecule is Cc1ccc(CNCCCC(N)=O)o1. The molecule has 0 saturated heterocycles. The predicted octanol–water partition coefficient (Wildman–Crippen LogP) is 0.943. The molecule has 0 radical (unpaired) electrons. The van der Waals surface area contributed by atoms with Gasteiger partial charge in [-0.3, -0.25) is 4.79 Å². The number of amides is 1. The van der Waals surface area contributed by atoms with Gasteiger partial charge in [-0.1, -0.05) is 0 Å². The van der Waals surface area contributed by atoms with Gasteiger partial charge in [0.1, 0.15) is 11.5 Å². The second-order valence-corrected chi connectivity index (χ2v) is 3.26. The highest BCUT2D eigenvalue weighted by atomic mass is 16.3. The molecular formula is C10H16N2O2. The van der Waals surface area contributed by atoms with E-state index in [-0.39, 0.29) is 5.91 Å². The molecule has 0 saturated carbocycles. The van der Waals surface area contributed by atoms with Crippen LogP contribution >= 0.6 is 0 Å².